The smallest absolute Gasteiger partial charge is 0.219 e. The van der Waals surface area contributed by atoms with E-state index >= 15 is 0 Å². The van der Waals surface area contributed by atoms with E-state index in [1.165, 1.54) is 30.8 Å². The molecule has 0 amide bonds. The SMILES string of the molecule is Cc1cc(Oc2snc(C(C)(C)C)c2Cl)c(C)cc1N=CN1CCCCC1. The summed E-state index contributed by atoms with van der Waals surface area (Å²) >= 11 is 7.82. The minimum atomic E-state index is -0.104. The van der Waals surface area contributed by atoms with Crippen LogP contribution in [0, 0.1) is 13.8 Å². The number of rotatable bonds is 4. The standard InChI is InChI=1S/C21H28ClN3OS/c1-14-12-17(26-20-18(22)19(24-27-20)21(3,4)5)15(2)11-16(14)23-13-25-9-7-6-8-10-25/h11-13H,6-10H2,1-5H3. The Labute approximate surface area is 171 Å². The van der Waals surface area contributed by atoms with Gasteiger partial charge in [-0.05, 0) is 56.4 Å². The van der Waals surface area contributed by atoms with Crippen LogP contribution < -0.4 is 4.74 Å². The van der Waals surface area contributed by atoms with Crippen molar-refractivity contribution in [1.29, 1.82) is 0 Å². The van der Waals surface area contributed by atoms with E-state index in [1.807, 2.05) is 19.3 Å². The molecule has 1 aliphatic rings. The number of nitrogens with zero attached hydrogens (tertiary/aromatic N) is 3. The van der Waals surface area contributed by atoms with Crippen LogP contribution in [-0.2, 0) is 5.41 Å². The van der Waals surface area contributed by atoms with Gasteiger partial charge in [-0.25, -0.2) is 4.99 Å². The average molecular weight is 406 g/mol. The first-order valence-corrected chi connectivity index (χ1v) is 10.6. The van der Waals surface area contributed by atoms with Crippen molar-refractivity contribution < 1.29 is 4.74 Å². The lowest BCUT2D eigenvalue weighted by atomic mass is 9.92. The lowest BCUT2D eigenvalue weighted by Gasteiger charge is -2.23. The highest BCUT2D eigenvalue weighted by atomic mass is 35.5. The molecule has 1 aromatic heterocycles. The van der Waals surface area contributed by atoms with Gasteiger partial charge in [0.1, 0.15) is 10.8 Å². The first-order valence-electron chi connectivity index (χ1n) is 9.48. The molecule has 146 valence electrons. The molecule has 0 spiro atoms. The fraction of sp³-hybridized carbons (Fsp3) is 0.524. The van der Waals surface area contributed by atoms with Crippen LogP contribution in [0.15, 0.2) is 17.1 Å². The monoisotopic (exact) mass is 405 g/mol. The molecule has 0 atom stereocenters. The Bertz CT molecular complexity index is 833. The number of aliphatic imine (C=N–C) groups is 1. The Hall–Kier alpha value is -1.59. The Morgan fingerprint density at radius 2 is 1.85 bits per heavy atom. The summed E-state index contributed by atoms with van der Waals surface area (Å²) < 4.78 is 10.6. The summed E-state index contributed by atoms with van der Waals surface area (Å²) in [5.74, 6) is 0.801. The van der Waals surface area contributed by atoms with Gasteiger partial charge in [0.05, 0.1) is 17.7 Å². The normalized spacial score (nSPS) is 15.6. The van der Waals surface area contributed by atoms with Crippen molar-refractivity contribution >= 4 is 35.2 Å². The minimum absolute atomic E-state index is 0.104. The summed E-state index contributed by atoms with van der Waals surface area (Å²) in [4.78, 5) is 7.00. The Balaban J connectivity index is 1.79. The second-order valence-electron chi connectivity index (χ2n) is 8.23. The molecule has 4 nitrogen and oxygen atoms in total. The molecule has 0 aliphatic carbocycles. The molecule has 0 radical (unpaired) electrons. The fourth-order valence-electron chi connectivity index (χ4n) is 3.09. The third kappa shape index (κ3) is 4.82. The van der Waals surface area contributed by atoms with Gasteiger partial charge in [-0.15, -0.1) is 0 Å². The van der Waals surface area contributed by atoms with E-state index in [2.05, 4.69) is 43.0 Å². The van der Waals surface area contributed by atoms with Gasteiger partial charge in [0.2, 0.25) is 5.06 Å². The van der Waals surface area contributed by atoms with Crippen LogP contribution >= 0.6 is 23.1 Å². The van der Waals surface area contributed by atoms with Crippen LogP contribution in [0.1, 0.15) is 56.9 Å². The highest BCUT2D eigenvalue weighted by Gasteiger charge is 2.25. The molecule has 2 heterocycles. The zero-order chi connectivity index (χ0) is 19.6. The number of aromatic nitrogens is 1. The molecular weight excluding hydrogens is 378 g/mol. The van der Waals surface area contributed by atoms with Gasteiger partial charge in [-0.1, -0.05) is 32.4 Å². The number of piperidine rings is 1. The lowest BCUT2D eigenvalue weighted by molar-refractivity contribution is 0.351. The van der Waals surface area contributed by atoms with Gasteiger partial charge >= 0.3 is 0 Å². The summed E-state index contributed by atoms with van der Waals surface area (Å²) in [5.41, 5.74) is 3.87. The first-order chi connectivity index (χ1) is 12.8. The summed E-state index contributed by atoms with van der Waals surface area (Å²) in [6, 6.07) is 4.11. The van der Waals surface area contributed by atoms with Crippen LogP contribution in [-0.4, -0.2) is 28.7 Å². The molecule has 3 rings (SSSR count). The maximum atomic E-state index is 6.51. The molecule has 0 saturated carbocycles. The molecule has 27 heavy (non-hydrogen) atoms. The third-order valence-electron chi connectivity index (χ3n) is 4.76. The average Bonchev–Trinajstić information content (AvgIpc) is 2.98. The second kappa shape index (κ2) is 8.19. The molecule has 1 saturated heterocycles. The van der Waals surface area contributed by atoms with Crippen molar-refractivity contribution in [2.75, 3.05) is 13.1 Å². The topological polar surface area (TPSA) is 37.7 Å². The van der Waals surface area contributed by atoms with Gasteiger partial charge in [0.15, 0.2) is 0 Å². The Kier molecular flexibility index (Phi) is 6.11. The Morgan fingerprint density at radius 1 is 1.15 bits per heavy atom. The molecule has 1 aliphatic heterocycles. The summed E-state index contributed by atoms with van der Waals surface area (Å²) in [6.45, 7) is 12.6. The highest BCUT2D eigenvalue weighted by molar-refractivity contribution is 7.08. The number of ether oxygens (including phenoxy) is 1. The molecule has 2 aromatic rings. The highest BCUT2D eigenvalue weighted by Crippen LogP contribution is 2.42. The quantitative estimate of drug-likeness (QED) is 0.422. The Morgan fingerprint density at radius 3 is 2.48 bits per heavy atom. The van der Waals surface area contributed by atoms with E-state index in [9.17, 15) is 0 Å². The third-order valence-corrected chi connectivity index (χ3v) is 5.95. The van der Waals surface area contributed by atoms with E-state index < -0.39 is 0 Å². The van der Waals surface area contributed by atoms with Crippen molar-refractivity contribution in [3.05, 3.63) is 34.0 Å². The minimum Gasteiger partial charge on any atom is -0.443 e. The van der Waals surface area contributed by atoms with Gasteiger partial charge < -0.3 is 9.64 Å². The fourth-order valence-corrected chi connectivity index (χ4v) is 4.46. The van der Waals surface area contributed by atoms with E-state index in [1.54, 1.807) is 0 Å². The van der Waals surface area contributed by atoms with Crippen molar-refractivity contribution in [3.8, 4) is 10.8 Å². The van der Waals surface area contributed by atoms with Gasteiger partial charge in [-0.3, -0.25) is 0 Å². The summed E-state index contributed by atoms with van der Waals surface area (Å²) in [6.07, 6.45) is 5.81. The number of likely N-dealkylation sites (tertiary alicyclic amines) is 1. The van der Waals surface area contributed by atoms with E-state index in [0.717, 1.165) is 41.3 Å². The molecule has 0 bridgehead atoms. The van der Waals surface area contributed by atoms with Crippen LogP contribution in [0.2, 0.25) is 5.02 Å². The van der Waals surface area contributed by atoms with Gasteiger partial charge in [-0.2, -0.15) is 4.37 Å². The number of aryl methyl sites for hydroxylation is 2. The van der Waals surface area contributed by atoms with Crippen molar-refractivity contribution in [1.82, 2.24) is 9.27 Å². The van der Waals surface area contributed by atoms with Crippen LogP contribution in [0.3, 0.4) is 0 Å². The lowest BCUT2D eigenvalue weighted by Crippen LogP contribution is -2.28. The molecule has 1 fully saturated rings. The first kappa shape index (κ1) is 20.2. The molecular formula is C21H28ClN3OS. The van der Waals surface area contributed by atoms with Crippen LogP contribution in [0.4, 0.5) is 5.69 Å². The van der Waals surface area contributed by atoms with Crippen molar-refractivity contribution in [2.24, 2.45) is 4.99 Å². The molecule has 0 unspecified atom stereocenters. The summed E-state index contributed by atoms with van der Waals surface area (Å²) in [7, 11) is 0. The molecule has 1 aromatic carbocycles. The zero-order valence-corrected chi connectivity index (χ0v) is 18.4. The predicted molar refractivity (Wildman–Crippen MR) is 115 cm³/mol. The van der Waals surface area contributed by atoms with E-state index in [-0.39, 0.29) is 5.41 Å². The largest absolute Gasteiger partial charge is 0.443 e. The van der Waals surface area contributed by atoms with Gasteiger partial charge in [0, 0.05) is 30.0 Å². The van der Waals surface area contributed by atoms with Crippen molar-refractivity contribution in [3.63, 3.8) is 0 Å². The zero-order valence-electron chi connectivity index (χ0n) is 16.8. The predicted octanol–water partition coefficient (Wildman–Crippen LogP) is 6.65. The second-order valence-corrected chi connectivity index (χ2v) is 9.34. The molecule has 6 heteroatoms. The van der Waals surface area contributed by atoms with Crippen LogP contribution in [0.25, 0.3) is 0 Å². The van der Waals surface area contributed by atoms with Gasteiger partial charge in [0.25, 0.3) is 0 Å². The maximum absolute atomic E-state index is 6.51. The van der Waals surface area contributed by atoms with Crippen molar-refractivity contribution in [2.45, 2.75) is 59.3 Å². The molecule has 0 N–H and O–H groups in total. The van der Waals surface area contributed by atoms with Crippen LogP contribution in [0.5, 0.6) is 10.8 Å². The van der Waals surface area contributed by atoms with E-state index in [4.69, 9.17) is 21.3 Å². The van der Waals surface area contributed by atoms with E-state index in [0.29, 0.717) is 10.1 Å². The summed E-state index contributed by atoms with van der Waals surface area (Å²) in [5, 5.41) is 1.26. The number of halogens is 1. The number of benzene rings is 1. The number of hydrogen-bond acceptors (Lipinski definition) is 4. The maximum Gasteiger partial charge on any atom is 0.219 e. The number of hydrogen-bond donors (Lipinski definition) is 0.